The van der Waals surface area contributed by atoms with E-state index in [4.69, 9.17) is 4.74 Å². The fourth-order valence-corrected chi connectivity index (χ4v) is 6.79. The van der Waals surface area contributed by atoms with Crippen molar-refractivity contribution in [2.45, 2.75) is 38.9 Å². The Morgan fingerprint density at radius 2 is 1.85 bits per heavy atom. The number of aliphatic hydroxyl groups is 1. The zero-order valence-corrected chi connectivity index (χ0v) is 18.6. The van der Waals surface area contributed by atoms with Crippen molar-refractivity contribution in [1.82, 2.24) is 9.80 Å². The molecule has 152 valence electrons. The van der Waals surface area contributed by atoms with Crippen LogP contribution >= 0.6 is 23.5 Å². The lowest BCUT2D eigenvalue weighted by Crippen LogP contribution is -2.56. The number of hydrogen-bond donors (Lipinski definition) is 1. The van der Waals surface area contributed by atoms with Gasteiger partial charge in [-0.2, -0.15) is 23.5 Å². The van der Waals surface area contributed by atoms with E-state index in [1.54, 1.807) is 7.11 Å². The van der Waals surface area contributed by atoms with Gasteiger partial charge >= 0.3 is 0 Å². The average Bonchev–Trinajstić information content (AvgIpc) is 2.96. The van der Waals surface area contributed by atoms with Gasteiger partial charge in [0.05, 0.1) is 7.11 Å². The highest BCUT2D eigenvalue weighted by atomic mass is 32.2. The van der Waals surface area contributed by atoms with E-state index in [1.165, 1.54) is 39.7 Å². The number of nitrogens with zero attached hydrogens (tertiary/aromatic N) is 2. The molecular weight excluding hydrogens is 376 g/mol. The first-order valence-corrected chi connectivity index (χ1v) is 12.3. The molecule has 2 aliphatic heterocycles. The summed E-state index contributed by atoms with van der Waals surface area (Å²) in [5.74, 6) is 6.07. The minimum Gasteiger partial charge on any atom is -0.496 e. The first-order valence-electron chi connectivity index (χ1n) is 10.0. The van der Waals surface area contributed by atoms with Crippen molar-refractivity contribution in [1.29, 1.82) is 0 Å². The van der Waals surface area contributed by atoms with E-state index < -0.39 is 0 Å². The monoisotopic (exact) mass is 410 g/mol. The molecule has 1 aromatic rings. The fraction of sp³-hybridized carbons (Fsp3) is 0.714. The molecule has 1 aromatic carbocycles. The third-order valence-electron chi connectivity index (χ3n) is 6.05. The highest BCUT2D eigenvalue weighted by Gasteiger charge is 2.31. The highest BCUT2D eigenvalue weighted by Crippen LogP contribution is 2.28. The number of benzene rings is 1. The second kappa shape index (κ2) is 10.4. The summed E-state index contributed by atoms with van der Waals surface area (Å²) in [4.78, 5) is 5.27. The number of ether oxygens (including phenoxy) is 1. The van der Waals surface area contributed by atoms with Crippen LogP contribution < -0.4 is 4.74 Å². The fourth-order valence-electron chi connectivity index (χ4n) is 4.16. The van der Waals surface area contributed by atoms with Crippen LogP contribution in [0.15, 0.2) is 12.1 Å². The molecule has 0 saturated carbocycles. The van der Waals surface area contributed by atoms with Gasteiger partial charge in [-0.05, 0) is 43.0 Å². The van der Waals surface area contributed by atoms with Gasteiger partial charge in [0.1, 0.15) is 5.75 Å². The summed E-state index contributed by atoms with van der Waals surface area (Å²) in [6, 6.07) is 5.43. The maximum Gasteiger partial charge on any atom is 0.122 e. The Hall–Kier alpha value is -0.400. The average molecular weight is 411 g/mol. The van der Waals surface area contributed by atoms with Crippen LogP contribution in [0.1, 0.15) is 23.1 Å². The van der Waals surface area contributed by atoms with Crippen LogP contribution in [0.3, 0.4) is 0 Å². The molecule has 0 unspecified atom stereocenters. The maximum atomic E-state index is 9.64. The third-order valence-corrected chi connectivity index (χ3v) is 8.54. The van der Waals surface area contributed by atoms with E-state index in [0.717, 1.165) is 38.3 Å². The molecule has 0 bridgehead atoms. The summed E-state index contributed by atoms with van der Waals surface area (Å²) in [5.41, 5.74) is 3.95. The Balaban J connectivity index is 1.68. The number of rotatable bonds is 6. The van der Waals surface area contributed by atoms with Crippen molar-refractivity contribution < 1.29 is 9.84 Å². The minimum absolute atomic E-state index is 0.268. The molecule has 2 fully saturated rings. The Bertz CT molecular complexity index is 606. The van der Waals surface area contributed by atoms with E-state index in [1.807, 2.05) is 0 Å². The lowest BCUT2D eigenvalue weighted by molar-refractivity contribution is 0.0406. The van der Waals surface area contributed by atoms with Crippen LogP contribution in [0.25, 0.3) is 0 Å². The number of piperazine rings is 1. The van der Waals surface area contributed by atoms with Crippen LogP contribution in [-0.4, -0.2) is 83.4 Å². The van der Waals surface area contributed by atoms with Crippen LogP contribution in [0.4, 0.5) is 0 Å². The first kappa shape index (κ1) is 21.3. The first-order chi connectivity index (χ1) is 13.1. The molecule has 2 saturated heterocycles. The van der Waals surface area contributed by atoms with Crippen LogP contribution in [0, 0.1) is 13.8 Å². The summed E-state index contributed by atoms with van der Waals surface area (Å²) >= 11 is 4.21. The quantitative estimate of drug-likeness (QED) is 0.777. The molecule has 3 rings (SSSR count). The summed E-state index contributed by atoms with van der Waals surface area (Å²) in [5, 5.41) is 9.64. The summed E-state index contributed by atoms with van der Waals surface area (Å²) in [6.07, 6.45) is 0.859. The summed E-state index contributed by atoms with van der Waals surface area (Å²) in [7, 11) is 1.74. The molecule has 1 atom stereocenters. The van der Waals surface area contributed by atoms with Crippen LogP contribution in [0.5, 0.6) is 5.75 Å². The Morgan fingerprint density at radius 3 is 2.52 bits per heavy atom. The van der Waals surface area contributed by atoms with Crippen molar-refractivity contribution in [3.8, 4) is 5.75 Å². The molecule has 0 aliphatic carbocycles. The largest absolute Gasteiger partial charge is 0.496 e. The molecule has 6 heteroatoms. The normalized spacial score (nSPS) is 23.3. The zero-order chi connectivity index (χ0) is 19.2. The molecule has 0 amide bonds. The number of methoxy groups -OCH3 is 1. The predicted molar refractivity (Wildman–Crippen MR) is 118 cm³/mol. The zero-order valence-electron chi connectivity index (χ0n) is 16.9. The van der Waals surface area contributed by atoms with Gasteiger partial charge in [-0.1, -0.05) is 6.07 Å². The summed E-state index contributed by atoms with van der Waals surface area (Å²) in [6.45, 7) is 8.88. The van der Waals surface area contributed by atoms with E-state index in [0.29, 0.717) is 12.1 Å². The molecular formula is C21H34N2O2S2. The highest BCUT2D eigenvalue weighted by molar-refractivity contribution is 8.03. The summed E-state index contributed by atoms with van der Waals surface area (Å²) < 4.78 is 5.46. The molecule has 0 radical (unpaired) electrons. The van der Waals surface area contributed by atoms with Crippen molar-refractivity contribution in [2.24, 2.45) is 0 Å². The second-order valence-corrected chi connectivity index (χ2v) is 9.91. The Morgan fingerprint density at radius 1 is 1.11 bits per heavy atom. The number of thioether (sulfide) groups is 2. The van der Waals surface area contributed by atoms with Gasteiger partial charge in [0.15, 0.2) is 0 Å². The van der Waals surface area contributed by atoms with Gasteiger partial charge in [-0.25, -0.2) is 0 Å². The molecule has 1 N–H and O–H groups in total. The van der Waals surface area contributed by atoms with Crippen LogP contribution in [-0.2, 0) is 6.54 Å². The van der Waals surface area contributed by atoms with Crippen molar-refractivity contribution >= 4 is 23.5 Å². The lowest BCUT2D eigenvalue weighted by Gasteiger charge is -2.44. The van der Waals surface area contributed by atoms with Crippen molar-refractivity contribution in [3.63, 3.8) is 0 Å². The van der Waals surface area contributed by atoms with Gasteiger partial charge < -0.3 is 9.84 Å². The van der Waals surface area contributed by atoms with Crippen LogP contribution in [0.2, 0.25) is 0 Å². The topological polar surface area (TPSA) is 35.9 Å². The molecule has 2 aliphatic rings. The Kier molecular flexibility index (Phi) is 8.21. The molecule has 27 heavy (non-hydrogen) atoms. The smallest absolute Gasteiger partial charge is 0.122 e. The molecule has 4 nitrogen and oxygen atoms in total. The minimum atomic E-state index is 0.268. The van der Waals surface area contributed by atoms with E-state index in [2.05, 4.69) is 59.3 Å². The molecule has 0 spiro atoms. The second-order valence-electron chi connectivity index (χ2n) is 7.61. The van der Waals surface area contributed by atoms with Gasteiger partial charge in [0, 0.05) is 67.9 Å². The van der Waals surface area contributed by atoms with E-state index >= 15 is 0 Å². The van der Waals surface area contributed by atoms with Gasteiger partial charge in [-0.15, -0.1) is 0 Å². The van der Waals surface area contributed by atoms with Crippen molar-refractivity contribution in [2.75, 3.05) is 56.4 Å². The SMILES string of the molecule is COc1ccc(CN2CCN(C3CSCCSC3)C[C@@H]2CCO)c(C)c1C. The third kappa shape index (κ3) is 5.36. The number of aliphatic hydroxyl groups excluding tert-OH is 1. The van der Waals surface area contributed by atoms with E-state index in [9.17, 15) is 5.11 Å². The predicted octanol–water partition coefficient (Wildman–Crippen LogP) is 3.03. The standard InChI is InChI=1S/C21H34N2O2S2/c1-16-17(2)21(25-3)5-4-18(16)12-22-7-8-23(13-19(22)6-9-24)20-14-26-10-11-27-15-20/h4-5,19-20,24H,6-15H2,1-3H3/t19-/m0/s1. The number of hydrogen-bond acceptors (Lipinski definition) is 6. The Labute approximate surface area is 173 Å². The molecule has 0 aromatic heterocycles. The van der Waals surface area contributed by atoms with Gasteiger partial charge in [-0.3, -0.25) is 9.80 Å². The van der Waals surface area contributed by atoms with Gasteiger partial charge in [0.2, 0.25) is 0 Å². The van der Waals surface area contributed by atoms with Crippen molar-refractivity contribution in [3.05, 3.63) is 28.8 Å². The van der Waals surface area contributed by atoms with E-state index in [-0.39, 0.29) is 6.61 Å². The van der Waals surface area contributed by atoms with Gasteiger partial charge in [0.25, 0.3) is 0 Å². The lowest BCUT2D eigenvalue weighted by atomic mass is 10.00. The molecule has 2 heterocycles. The maximum absolute atomic E-state index is 9.64.